The van der Waals surface area contributed by atoms with Crippen molar-refractivity contribution in [3.8, 4) is 0 Å². The van der Waals surface area contributed by atoms with Crippen LogP contribution in [-0.2, 0) is 20.9 Å². The van der Waals surface area contributed by atoms with E-state index in [0.717, 1.165) is 11.3 Å². The fourth-order valence-electron chi connectivity index (χ4n) is 2.62. The van der Waals surface area contributed by atoms with E-state index in [9.17, 15) is 9.59 Å². The quantitative estimate of drug-likeness (QED) is 0.757. The lowest BCUT2D eigenvalue weighted by Crippen LogP contribution is -2.48. The molecule has 120 valence electrons. The predicted molar refractivity (Wildman–Crippen MR) is 84.1 cm³/mol. The van der Waals surface area contributed by atoms with E-state index in [1.54, 1.807) is 0 Å². The van der Waals surface area contributed by atoms with Crippen molar-refractivity contribution in [2.75, 3.05) is 25.1 Å². The fourth-order valence-corrected chi connectivity index (χ4v) is 2.62. The monoisotopic (exact) mass is 305 g/mol. The van der Waals surface area contributed by atoms with Crippen LogP contribution in [0.15, 0.2) is 24.3 Å². The highest BCUT2D eigenvalue weighted by atomic mass is 16.5. The summed E-state index contributed by atoms with van der Waals surface area (Å²) in [5, 5.41) is 5.68. The molecule has 6 heteroatoms. The zero-order valence-electron chi connectivity index (χ0n) is 12.9. The topological polar surface area (TPSA) is 93.5 Å². The molecule has 0 aromatic heterocycles. The molecule has 1 aromatic carbocycles. The number of benzene rings is 1. The van der Waals surface area contributed by atoms with Crippen LogP contribution < -0.4 is 16.4 Å². The highest BCUT2D eigenvalue weighted by Gasteiger charge is 2.38. The molecular formula is C16H23N3O3. The van der Waals surface area contributed by atoms with Crippen molar-refractivity contribution >= 4 is 17.5 Å². The highest BCUT2D eigenvalue weighted by molar-refractivity contribution is 5.88. The molecule has 1 aromatic rings. The summed E-state index contributed by atoms with van der Waals surface area (Å²) < 4.78 is 5.32. The number of nitrogens with one attached hydrogen (secondary N) is 2. The Hall–Kier alpha value is -1.92. The third kappa shape index (κ3) is 4.05. The van der Waals surface area contributed by atoms with Crippen molar-refractivity contribution in [3.05, 3.63) is 29.8 Å². The molecule has 1 fully saturated rings. The smallest absolute Gasteiger partial charge is 0.227 e. The van der Waals surface area contributed by atoms with Gasteiger partial charge in [-0.2, -0.15) is 0 Å². The lowest BCUT2D eigenvalue weighted by molar-refractivity contribution is -0.136. The van der Waals surface area contributed by atoms with Crippen LogP contribution in [-0.4, -0.2) is 31.6 Å². The van der Waals surface area contributed by atoms with Gasteiger partial charge in [-0.25, -0.2) is 0 Å². The maximum absolute atomic E-state index is 12.5. The van der Waals surface area contributed by atoms with E-state index in [-0.39, 0.29) is 11.8 Å². The standard InChI is InChI=1S/C16H23N3O3/c1-12(20)19-14-4-2-3-13(9-14)10-18-15(21)16(11-17)5-7-22-8-6-16/h2-4,9H,5-8,10-11,17H2,1H3,(H,18,21)(H,19,20). The molecule has 2 rings (SSSR count). The molecule has 0 unspecified atom stereocenters. The number of ether oxygens (including phenoxy) is 1. The predicted octanol–water partition coefficient (Wildman–Crippen LogP) is 1.02. The van der Waals surface area contributed by atoms with Gasteiger partial charge in [-0.05, 0) is 30.5 Å². The van der Waals surface area contributed by atoms with Crippen molar-refractivity contribution in [1.29, 1.82) is 0 Å². The first-order valence-electron chi connectivity index (χ1n) is 7.48. The number of anilines is 1. The molecule has 0 bridgehead atoms. The molecule has 0 spiro atoms. The van der Waals surface area contributed by atoms with E-state index >= 15 is 0 Å². The van der Waals surface area contributed by atoms with Crippen LogP contribution in [0.2, 0.25) is 0 Å². The van der Waals surface area contributed by atoms with Crippen LogP contribution in [0.5, 0.6) is 0 Å². The molecule has 1 aliphatic heterocycles. The van der Waals surface area contributed by atoms with Crippen molar-refractivity contribution in [2.45, 2.75) is 26.3 Å². The molecule has 0 atom stereocenters. The molecule has 0 radical (unpaired) electrons. The molecule has 4 N–H and O–H groups in total. The van der Waals surface area contributed by atoms with E-state index in [4.69, 9.17) is 10.5 Å². The first-order valence-corrected chi connectivity index (χ1v) is 7.48. The van der Waals surface area contributed by atoms with Gasteiger partial charge in [0, 0.05) is 38.9 Å². The summed E-state index contributed by atoms with van der Waals surface area (Å²) in [6.07, 6.45) is 1.31. The number of hydrogen-bond donors (Lipinski definition) is 3. The second kappa shape index (κ2) is 7.38. The van der Waals surface area contributed by atoms with Gasteiger partial charge in [0.25, 0.3) is 0 Å². The van der Waals surface area contributed by atoms with Gasteiger partial charge in [0.15, 0.2) is 0 Å². The number of carbonyl (C=O) groups is 2. The van der Waals surface area contributed by atoms with Gasteiger partial charge in [-0.1, -0.05) is 12.1 Å². The van der Waals surface area contributed by atoms with Crippen LogP contribution >= 0.6 is 0 Å². The summed E-state index contributed by atoms with van der Waals surface area (Å²) in [5.74, 6) is -0.145. The molecule has 1 saturated heterocycles. The molecule has 1 aliphatic rings. The Bertz CT molecular complexity index is 539. The molecule has 2 amide bonds. The van der Waals surface area contributed by atoms with Crippen molar-refractivity contribution in [1.82, 2.24) is 5.32 Å². The SMILES string of the molecule is CC(=O)Nc1cccc(CNC(=O)C2(CN)CCOCC2)c1. The summed E-state index contributed by atoms with van der Waals surface area (Å²) in [7, 11) is 0. The van der Waals surface area contributed by atoms with Gasteiger partial charge in [0.05, 0.1) is 5.41 Å². The normalized spacial score (nSPS) is 16.8. The maximum atomic E-state index is 12.5. The van der Waals surface area contributed by atoms with Crippen LogP contribution in [0.3, 0.4) is 0 Å². The van der Waals surface area contributed by atoms with Crippen molar-refractivity contribution in [2.24, 2.45) is 11.1 Å². The van der Waals surface area contributed by atoms with E-state index in [1.807, 2.05) is 24.3 Å². The third-order valence-corrected chi connectivity index (χ3v) is 4.02. The van der Waals surface area contributed by atoms with Crippen LogP contribution in [0.1, 0.15) is 25.3 Å². The van der Waals surface area contributed by atoms with E-state index in [0.29, 0.717) is 39.1 Å². The van der Waals surface area contributed by atoms with Crippen LogP contribution in [0, 0.1) is 5.41 Å². The van der Waals surface area contributed by atoms with Gasteiger partial charge in [0.2, 0.25) is 11.8 Å². The summed E-state index contributed by atoms with van der Waals surface area (Å²) >= 11 is 0. The average Bonchev–Trinajstić information content (AvgIpc) is 2.53. The summed E-state index contributed by atoms with van der Waals surface area (Å²) in [4.78, 5) is 23.5. The molecule has 22 heavy (non-hydrogen) atoms. The Morgan fingerprint density at radius 1 is 1.32 bits per heavy atom. The summed E-state index contributed by atoms with van der Waals surface area (Å²) in [6.45, 7) is 3.35. The number of hydrogen-bond acceptors (Lipinski definition) is 4. The highest BCUT2D eigenvalue weighted by Crippen LogP contribution is 2.29. The van der Waals surface area contributed by atoms with Gasteiger partial charge in [-0.3, -0.25) is 9.59 Å². The summed E-state index contributed by atoms with van der Waals surface area (Å²) in [5.41, 5.74) is 6.95. The van der Waals surface area contributed by atoms with Gasteiger partial charge in [0.1, 0.15) is 0 Å². The minimum Gasteiger partial charge on any atom is -0.381 e. The van der Waals surface area contributed by atoms with Crippen molar-refractivity contribution < 1.29 is 14.3 Å². The minimum absolute atomic E-state index is 0.0248. The van der Waals surface area contributed by atoms with Gasteiger partial charge < -0.3 is 21.1 Å². The Labute approximate surface area is 130 Å². The maximum Gasteiger partial charge on any atom is 0.227 e. The number of nitrogens with two attached hydrogens (primary N) is 1. The Kier molecular flexibility index (Phi) is 5.51. The van der Waals surface area contributed by atoms with E-state index < -0.39 is 5.41 Å². The molecule has 1 heterocycles. The van der Waals surface area contributed by atoms with Crippen LogP contribution in [0.25, 0.3) is 0 Å². The van der Waals surface area contributed by atoms with Crippen LogP contribution in [0.4, 0.5) is 5.69 Å². The largest absolute Gasteiger partial charge is 0.381 e. The second-order valence-corrected chi connectivity index (χ2v) is 5.66. The number of amides is 2. The van der Waals surface area contributed by atoms with Crippen molar-refractivity contribution in [3.63, 3.8) is 0 Å². The molecule has 0 saturated carbocycles. The summed E-state index contributed by atoms with van der Waals surface area (Å²) in [6, 6.07) is 7.41. The first-order chi connectivity index (χ1) is 10.6. The fraction of sp³-hybridized carbons (Fsp3) is 0.500. The lowest BCUT2D eigenvalue weighted by Gasteiger charge is -2.34. The lowest BCUT2D eigenvalue weighted by atomic mass is 9.79. The number of carbonyl (C=O) groups excluding carboxylic acids is 2. The molecular weight excluding hydrogens is 282 g/mol. The zero-order valence-corrected chi connectivity index (χ0v) is 12.9. The zero-order chi connectivity index (χ0) is 16.0. The number of rotatable bonds is 5. The first kappa shape index (κ1) is 16.5. The van der Waals surface area contributed by atoms with E-state index in [2.05, 4.69) is 10.6 Å². The second-order valence-electron chi connectivity index (χ2n) is 5.66. The Morgan fingerprint density at radius 2 is 2.05 bits per heavy atom. The molecule has 0 aliphatic carbocycles. The minimum atomic E-state index is -0.520. The van der Waals surface area contributed by atoms with Gasteiger partial charge in [-0.15, -0.1) is 0 Å². The third-order valence-electron chi connectivity index (χ3n) is 4.02. The Morgan fingerprint density at radius 3 is 2.68 bits per heavy atom. The molecule has 6 nitrogen and oxygen atoms in total. The average molecular weight is 305 g/mol. The Balaban J connectivity index is 1.97. The van der Waals surface area contributed by atoms with E-state index in [1.165, 1.54) is 6.92 Å². The van der Waals surface area contributed by atoms with Gasteiger partial charge >= 0.3 is 0 Å².